The molecule has 166 valence electrons. The van der Waals surface area contributed by atoms with Crippen molar-refractivity contribution in [2.75, 3.05) is 7.11 Å². The summed E-state index contributed by atoms with van der Waals surface area (Å²) in [6.07, 6.45) is -6.03. The second kappa shape index (κ2) is 7.30. The van der Waals surface area contributed by atoms with Crippen LogP contribution in [0.4, 0.5) is 22.0 Å². The van der Waals surface area contributed by atoms with E-state index in [0.29, 0.717) is 10.2 Å². The molecular weight excluding hydrogens is 441 g/mol. The Bertz CT molecular complexity index is 1200. The molecule has 0 saturated carbocycles. The number of methoxy groups -OCH3 is 1. The Hall–Kier alpha value is -2.46. The Morgan fingerprint density at radius 1 is 1.23 bits per heavy atom. The van der Waals surface area contributed by atoms with Crippen LogP contribution in [0.3, 0.4) is 0 Å². The Labute approximate surface area is 177 Å². The third-order valence-electron chi connectivity index (χ3n) is 6.07. The highest BCUT2D eigenvalue weighted by Crippen LogP contribution is 2.59. The van der Waals surface area contributed by atoms with E-state index in [-0.39, 0.29) is 16.7 Å². The van der Waals surface area contributed by atoms with Gasteiger partial charge in [-0.3, -0.25) is 4.79 Å². The van der Waals surface area contributed by atoms with Crippen molar-refractivity contribution in [3.63, 3.8) is 0 Å². The van der Waals surface area contributed by atoms with Gasteiger partial charge in [0.2, 0.25) is 5.82 Å². The van der Waals surface area contributed by atoms with Crippen LogP contribution in [0.15, 0.2) is 34.4 Å². The van der Waals surface area contributed by atoms with E-state index < -0.39 is 47.1 Å². The third kappa shape index (κ3) is 3.23. The smallest absolute Gasteiger partial charge is 0.417 e. The van der Waals surface area contributed by atoms with Gasteiger partial charge in [-0.15, -0.1) is 11.3 Å². The van der Waals surface area contributed by atoms with Crippen molar-refractivity contribution in [2.24, 2.45) is 5.92 Å². The maximum absolute atomic E-state index is 14.4. The van der Waals surface area contributed by atoms with Gasteiger partial charge < -0.3 is 14.5 Å². The van der Waals surface area contributed by atoms with Crippen LogP contribution in [0.1, 0.15) is 37.1 Å². The highest BCUT2D eigenvalue weighted by molar-refractivity contribution is 7.17. The number of nitrogens with one attached hydrogen (secondary N) is 1. The van der Waals surface area contributed by atoms with Crippen molar-refractivity contribution in [1.82, 2.24) is 4.98 Å². The van der Waals surface area contributed by atoms with Crippen LogP contribution in [-0.4, -0.2) is 23.9 Å². The lowest BCUT2D eigenvalue weighted by Crippen LogP contribution is -2.46. The molecule has 3 aromatic rings. The quantitative estimate of drug-likeness (QED) is 0.512. The van der Waals surface area contributed by atoms with Gasteiger partial charge in [-0.25, -0.2) is 4.39 Å². The first-order chi connectivity index (χ1) is 14.5. The molecule has 0 unspecified atom stereocenters. The number of alkyl halides is 3. The Balaban J connectivity index is 1.95. The molecule has 1 N–H and O–H groups in total. The monoisotopic (exact) mass is 459 g/mol. The van der Waals surface area contributed by atoms with Crippen LogP contribution in [0.25, 0.3) is 10.2 Å². The second-order valence-electron chi connectivity index (χ2n) is 7.69. The average Bonchev–Trinajstić information content (AvgIpc) is 3.28. The summed E-state index contributed by atoms with van der Waals surface area (Å²) in [7, 11) is 1.11. The SMILES string of the molecule is COc1c([C@H]2[C@H](c3cc(=O)c4sccc4[nH]3)O[C@@](C)(C(F)(F)F)[C@H]2C)ccc(F)c1F. The largest absolute Gasteiger partial charge is 0.493 e. The number of hydrogen-bond acceptors (Lipinski definition) is 4. The number of aromatic amines is 1. The number of aromatic nitrogens is 1. The normalized spacial score (nSPS) is 26.5. The van der Waals surface area contributed by atoms with Crippen molar-refractivity contribution in [2.45, 2.75) is 37.6 Å². The second-order valence-corrected chi connectivity index (χ2v) is 8.61. The summed E-state index contributed by atoms with van der Waals surface area (Å²) < 4.78 is 81.3. The molecule has 2 aromatic heterocycles. The van der Waals surface area contributed by atoms with Crippen LogP contribution in [-0.2, 0) is 4.74 Å². The Morgan fingerprint density at radius 2 is 1.94 bits per heavy atom. The van der Waals surface area contributed by atoms with E-state index in [0.717, 1.165) is 20.1 Å². The van der Waals surface area contributed by atoms with E-state index >= 15 is 0 Å². The molecule has 4 rings (SSSR count). The van der Waals surface area contributed by atoms with Gasteiger partial charge >= 0.3 is 6.18 Å². The number of H-pyrrole nitrogens is 1. The molecule has 3 heterocycles. The minimum Gasteiger partial charge on any atom is -0.493 e. The van der Waals surface area contributed by atoms with E-state index in [1.807, 2.05) is 0 Å². The molecular formula is C21H18F5NO3S. The standard InChI is InChI=1S/C21H18F5NO3S/c1-9-15(10-4-5-11(22)16(23)17(10)29-3)18(30-20(9,2)21(24,25)26)13-8-14(28)19-12(27-13)6-7-31-19/h4-9,15,18H,1-3H3,(H,27,28)/t9-,15-,18-,20+/m0/s1. The number of hydrogen-bond donors (Lipinski definition) is 1. The number of ether oxygens (including phenoxy) is 2. The van der Waals surface area contributed by atoms with Gasteiger partial charge in [-0.05, 0) is 24.4 Å². The zero-order valence-corrected chi connectivity index (χ0v) is 17.5. The lowest BCUT2D eigenvalue weighted by molar-refractivity contribution is -0.275. The van der Waals surface area contributed by atoms with Crippen molar-refractivity contribution < 1.29 is 31.4 Å². The van der Waals surface area contributed by atoms with Gasteiger partial charge in [0, 0.05) is 29.2 Å². The van der Waals surface area contributed by atoms with Crippen LogP contribution >= 0.6 is 11.3 Å². The zero-order valence-electron chi connectivity index (χ0n) is 16.6. The van der Waals surface area contributed by atoms with Crippen LogP contribution in [0, 0.1) is 17.6 Å². The van der Waals surface area contributed by atoms with Crippen molar-refractivity contribution in [1.29, 1.82) is 0 Å². The zero-order chi connectivity index (χ0) is 22.7. The minimum atomic E-state index is -4.75. The molecule has 0 aliphatic carbocycles. The molecule has 31 heavy (non-hydrogen) atoms. The molecule has 1 fully saturated rings. The first kappa shape index (κ1) is 21.8. The molecule has 1 aromatic carbocycles. The molecule has 0 spiro atoms. The lowest BCUT2D eigenvalue weighted by Gasteiger charge is -2.32. The first-order valence-corrected chi connectivity index (χ1v) is 10.2. The average molecular weight is 459 g/mol. The van der Waals surface area contributed by atoms with Gasteiger partial charge in [-0.2, -0.15) is 17.6 Å². The number of rotatable bonds is 3. The maximum Gasteiger partial charge on any atom is 0.417 e. The molecule has 4 nitrogen and oxygen atoms in total. The van der Waals surface area contributed by atoms with Gasteiger partial charge in [0.25, 0.3) is 0 Å². The topological polar surface area (TPSA) is 51.3 Å². The van der Waals surface area contributed by atoms with E-state index in [9.17, 15) is 26.7 Å². The predicted octanol–water partition coefficient (Wildman–Crippen LogP) is 5.69. The fourth-order valence-electron chi connectivity index (χ4n) is 4.23. The summed E-state index contributed by atoms with van der Waals surface area (Å²) in [6, 6.07) is 4.86. The number of thiophene rings is 1. The van der Waals surface area contributed by atoms with Gasteiger partial charge in [-0.1, -0.05) is 13.0 Å². The number of halogens is 5. The summed E-state index contributed by atoms with van der Waals surface area (Å²) in [5.41, 5.74) is -2.36. The van der Waals surface area contributed by atoms with E-state index in [4.69, 9.17) is 9.47 Å². The Morgan fingerprint density at radius 3 is 2.58 bits per heavy atom. The number of pyridine rings is 1. The maximum atomic E-state index is 14.4. The first-order valence-electron chi connectivity index (χ1n) is 9.36. The third-order valence-corrected chi connectivity index (χ3v) is 7.00. The Kier molecular flexibility index (Phi) is 5.13. The summed E-state index contributed by atoms with van der Waals surface area (Å²) in [6.45, 7) is 2.25. The van der Waals surface area contributed by atoms with Crippen LogP contribution in [0.2, 0.25) is 0 Å². The highest BCUT2D eigenvalue weighted by atomic mass is 32.1. The molecule has 0 amide bonds. The molecule has 4 atom stereocenters. The number of benzene rings is 1. The predicted molar refractivity (Wildman–Crippen MR) is 106 cm³/mol. The fourth-order valence-corrected chi connectivity index (χ4v) is 4.99. The van der Waals surface area contributed by atoms with Crippen molar-refractivity contribution >= 4 is 21.6 Å². The van der Waals surface area contributed by atoms with E-state index in [1.165, 1.54) is 30.4 Å². The molecule has 1 aliphatic heterocycles. The summed E-state index contributed by atoms with van der Waals surface area (Å²) in [5.74, 6) is -5.26. The van der Waals surface area contributed by atoms with Crippen LogP contribution in [0.5, 0.6) is 5.75 Å². The van der Waals surface area contributed by atoms with Crippen molar-refractivity contribution in [3.8, 4) is 5.75 Å². The lowest BCUT2D eigenvalue weighted by atomic mass is 9.76. The summed E-state index contributed by atoms with van der Waals surface area (Å²) in [4.78, 5) is 15.5. The van der Waals surface area contributed by atoms with Gasteiger partial charge in [0.1, 0.15) is 6.10 Å². The van der Waals surface area contributed by atoms with Gasteiger partial charge in [0.05, 0.1) is 17.3 Å². The molecule has 1 saturated heterocycles. The molecule has 1 aliphatic rings. The van der Waals surface area contributed by atoms with Crippen LogP contribution < -0.4 is 10.2 Å². The fraction of sp³-hybridized carbons (Fsp3) is 0.381. The highest BCUT2D eigenvalue weighted by Gasteiger charge is 2.65. The summed E-state index contributed by atoms with van der Waals surface area (Å²) in [5, 5.41) is 1.68. The molecule has 0 bridgehead atoms. The van der Waals surface area contributed by atoms with Crippen molar-refractivity contribution in [3.05, 3.63) is 62.8 Å². The summed E-state index contributed by atoms with van der Waals surface area (Å²) >= 11 is 1.20. The molecule has 10 heteroatoms. The molecule has 0 radical (unpaired) electrons. The van der Waals surface area contributed by atoms with Gasteiger partial charge in [0.15, 0.2) is 22.6 Å². The minimum absolute atomic E-state index is 0.0261. The van der Waals surface area contributed by atoms with E-state index in [2.05, 4.69) is 4.98 Å². The van der Waals surface area contributed by atoms with E-state index in [1.54, 1.807) is 11.4 Å². The number of fused-ring (bicyclic) bond motifs is 1.